The first kappa shape index (κ1) is 22.3. The highest BCUT2D eigenvalue weighted by molar-refractivity contribution is 8.14. The van der Waals surface area contributed by atoms with Crippen molar-refractivity contribution in [3.8, 4) is 12.1 Å². The van der Waals surface area contributed by atoms with Gasteiger partial charge in [-0.25, -0.2) is 9.79 Å². The number of rotatable bonds is 2. The first-order chi connectivity index (χ1) is 13.5. The van der Waals surface area contributed by atoms with Gasteiger partial charge in [-0.15, -0.1) is 0 Å². The van der Waals surface area contributed by atoms with E-state index in [-0.39, 0.29) is 23.0 Å². The highest BCUT2D eigenvalue weighted by atomic mass is 32.2. The minimum Gasteiger partial charge on any atom is -0.443 e. The van der Waals surface area contributed by atoms with Gasteiger partial charge in [0.05, 0.1) is 5.56 Å². The molecule has 0 aliphatic carbocycles. The van der Waals surface area contributed by atoms with Crippen LogP contribution in [0.5, 0.6) is 0 Å². The van der Waals surface area contributed by atoms with E-state index in [1.807, 2.05) is 0 Å². The molecule has 6 nitrogen and oxygen atoms in total. The molecule has 0 radical (unpaired) electrons. The smallest absolute Gasteiger partial charge is 0.416 e. The van der Waals surface area contributed by atoms with E-state index in [1.165, 1.54) is 22.7 Å². The molecule has 2 rings (SSSR count). The van der Waals surface area contributed by atoms with E-state index in [4.69, 9.17) is 4.74 Å². The number of nitriles is 2. The van der Waals surface area contributed by atoms with Gasteiger partial charge in [0.15, 0.2) is 10.7 Å². The standard InChI is InChI=1S/C19H17F3N4O2S/c1-18(2,3)28-17(27)26-7-8-29-16(26)25-15(13(10-23)11-24)12-5-4-6-14(9-12)19(20,21)22/h4-6,9H,7-8H2,1-3H3. The van der Waals surface area contributed by atoms with Crippen LogP contribution in [0.3, 0.4) is 0 Å². The average molecular weight is 422 g/mol. The number of carbonyl (C=O) groups excluding carboxylic acids is 1. The molecule has 0 aromatic heterocycles. The van der Waals surface area contributed by atoms with Gasteiger partial charge in [-0.2, -0.15) is 23.7 Å². The zero-order valence-corrected chi connectivity index (χ0v) is 16.7. The summed E-state index contributed by atoms with van der Waals surface area (Å²) >= 11 is 1.18. The zero-order chi connectivity index (χ0) is 21.8. The summed E-state index contributed by atoms with van der Waals surface area (Å²) in [5, 5.41) is 18.7. The van der Waals surface area contributed by atoms with Crippen molar-refractivity contribution in [1.82, 2.24) is 4.90 Å². The number of allylic oxidation sites excluding steroid dienone is 1. The fourth-order valence-electron chi connectivity index (χ4n) is 2.31. The van der Waals surface area contributed by atoms with Crippen molar-refractivity contribution < 1.29 is 22.7 Å². The predicted octanol–water partition coefficient (Wildman–Crippen LogP) is 4.80. The number of ether oxygens (including phenoxy) is 1. The Bertz CT molecular complexity index is 934. The third kappa shape index (κ3) is 5.75. The van der Waals surface area contributed by atoms with Crippen molar-refractivity contribution in [3.05, 3.63) is 41.0 Å². The number of aliphatic imine (C=N–C) groups is 1. The Hall–Kier alpha value is -2.98. The summed E-state index contributed by atoms with van der Waals surface area (Å²) in [5.41, 5.74) is -2.44. The molecule has 1 aliphatic rings. The van der Waals surface area contributed by atoms with Crippen LogP contribution in [0.2, 0.25) is 0 Å². The summed E-state index contributed by atoms with van der Waals surface area (Å²) in [6, 6.07) is 7.48. The highest BCUT2D eigenvalue weighted by Crippen LogP contribution is 2.33. The van der Waals surface area contributed by atoms with Crippen molar-refractivity contribution in [2.24, 2.45) is 4.99 Å². The molecule has 152 valence electrons. The fourth-order valence-corrected chi connectivity index (χ4v) is 3.25. The Kier molecular flexibility index (Phi) is 6.60. The molecule has 1 heterocycles. The first-order valence-corrected chi connectivity index (χ1v) is 9.39. The number of alkyl halides is 3. The molecule has 1 aliphatic heterocycles. The van der Waals surface area contributed by atoms with E-state index in [0.29, 0.717) is 5.75 Å². The van der Waals surface area contributed by atoms with Gasteiger partial charge in [-0.3, -0.25) is 4.90 Å². The zero-order valence-electron chi connectivity index (χ0n) is 15.9. The van der Waals surface area contributed by atoms with Crippen LogP contribution in [0.4, 0.5) is 18.0 Å². The van der Waals surface area contributed by atoms with Crippen molar-refractivity contribution in [3.63, 3.8) is 0 Å². The summed E-state index contributed by atoms with van der Waals surface area (Å²) in [5.74, 6) is 0.488. The predicted molar refractivity (Wildman–Crippen MR) is 102 cm³/mol. The van der Waals surface area contributed by atoms with Crippen LogP contribution >= 0.6 is 11.8 Å². The average Bonchev–Trinajstić information content (AvgIpc) is 3.08. The van der Waals surface area contributed by atoms with Crippen molar-refractivity contribution in [2.45, 2.75) is 32.5 Å². The lowest BCUT2D eigenvalue weighted by Gasteiger charge is -2.24. The number of carbonyl (C=O) groups is 1. The Labute approximate surface area is 170 Å². The third-order valence-electron chi connectivity index (χ3n) is 3.52. The molecule has 10 heteroatoms. The number of hydrogen-bond donors (Lipinski definition) is 0. The molecule has 0 saturated carbocycles. The normalized spacial score (nSPS) is 15.6. The SMILES string of the molecule is CC(C)(C)OC(=O)N1CCSC1=NC(=C(C#N)C#N)c1cccc(C(F)(F)F)c1. The molecule has 0 N–H and O–H groups in total. The number of halogens is 3. The van der Waals surface area contributed by atoms with Crippen LogP contribution in [0.25, 0.3) is 5.70 Å². The maximum Gasteiger partial charge on any atom is 0.416 e. The van der Waals surface area contributed by atoms with E-state index in [9.17, 15) is 28.5 Å². The summed E-state index contributed by atoms with van der Waals surface area (Å²) in [7, 11) is 0. The lowest BCUT2D eigenvalue weighted by atomic mass is 10.0. The summed E-state index contributed by atoms with van der Waals surface area (Å²) < 4.78 is 44.5. The van der Waals surface area contributed by atoms with Gasteiger partial charge >= 0.3 is 12.3 Å². The number of hydrogen-bond acceptors (Lipinski definition) is 6. The van der Waals surface area contributed by atoms with E-state index in [1.54, 1.807) is 32.9 Å². The number of amides is 1. The Morgan fingerprint density at radius 3 is 2.45 bits per heavy atom. The molecule has 1 fully saturated rings. The monoisotopic (exact) mass is 422 g/mol. The van der Waals surface area contributed by atoms with Gasteiger partial charge in [-0.1, -0.05) is 23.9 Å². The maximum atomic E-state index is 13.1. The van der Waals surface area contributed by atoms with Crippen molar-refractivity contribution >= 4 is 28.7 Å². The molecule has 0 unspecified atom stereocenters. The molecule has 0 bridgehead atoms. The summed E-state index contributed by atoms with van der Waals surface area (Å²) in [6.07, 6.45) is -5.27. The van der Waals surface area contributed by atoms with Gasteiger partial charge in [0.25, 0.3) is 0 Å². The maximum absolute atomic E-state index is 13.1. The molecular weight excluding hydrogens is 405 g/mol. The van der Waals surface area contributed by atoms with E-state index in [0.717, 1.165) is 18.2 Å². The van der Waals surface area contributed by atoms with Crippen LogP contribution in [-0.4, -0.2) is 34.1 Å². The topological polar surface area (TPSA) is 89.5 Å². The van der Waals surface area contributed by atoms with Gasteiger partial charge in [0, 0.05) is 17.9 Å². The number of nitrogens with zero attached hydrogens (tertiary/aromatic N) is 4. The quantitative estimate of drug-likeness (QED) is 0.639. The Balaban J connectivity index is 2.54. The van der Waals surface area contributed by atoms with E-state index >= 15 is 0 Å². The van der Waals surface area contributed by atoms with Crippen LogP contribution in [0, 0.1) is 22.7 Å². The molecule has 1 aromatic carbocycles. The molecule has 1 saturated heterocycles. The van der Waals surface area contributed by atoms with Crippen molar-refractivity contribution in [1.29, 1.82) is 10.5 Å². The molecule has 0 atom stereocenters. The highest BCUT2D eigenvalue weighted by Gasteiger charge is 2.32. The molecule has 1 aromatic rings. The second kappa shape index (κ2) is 8.58. The minimum absolute atomic E-state index is 0.0536. The second-order valence-corrected chi connectivity index (χ2v) is 7.96. The van der Waals surface area contributed by atoms with Crippen LogP contribution in [0.1, 0.15) is 31.9 Å². The van der Waals surface area contributed by atoms with Crippen molar-refractivity contribution in [2.75, 3.05) is 12.3 Å². The van der Waals surface area contributed by atoms with E-state index in [2.05, 4.69) is 4.99 Å². The van der Waals surface area contributed by atoms with Crippen LogP contribution < -0.4 is 0 Å². The lowest BCUT2D eigenvalue weighted by molar-refractivity contribution is -0.137. The van der Waals surface area contributed by atoms with Gasteiger partial charge < -0.3 is 4.74 Å². The molecular formula is C19H17F3N4O2S. The Morgan fingerprint density at radius 2 is 1.90 bits per heavy atom. The van der Waals surface area contributed by atoms with Gasteiger partial charge in [0.1, 0.15) is 23.4 Å². The van der Waals surface area contributed by atoms with E-state index < -0.39 is 29.0 Å². The second-order valence-electron chi connectivity index (χ2n) is 6.90. The Morgan fingerprint density at radius 1 is 1.24 bits per heavy atom. The number of benzene rings is 1. The lowest BCUT2D eigenvalue weighted by Crippen LogP contribution is -2.37. The summed E-state index contributed by atoms with van der Waals surface area (Å²) in [4.78, 5) is 17.8. The van der Waals surface area contributed by atoms with Gasteiger partial charge in [-0.05, 0) is 32.9 Å². The van der Waals surface area contributed by atoms with Gasteiger partial charge in [0.2, 0.25) is 0 Å². The third-order valence-corrected chi connectivity index (χ3v) is 4.48. The molecule has 1 amide bonds. The van der Waals surface area contributed by atoms with Crippen LogP contribution in [0.15, 0.2) is 34.8 Å². The number of thioether (sulfide) groups is 1. The molecule has 29 heavy (non-hydrogen) atoms. The minimum atomic E-state index is -4.60. The summed E-state index contributed by atoms with van der Waals surface area (Å²) in [6.45, 7) is 5.37. The largest absolute Gasteiger partial charge is 0.443 e. The molecule has 0 spiro atoms. The van der Waals surface area contributed by atoms with Crippen LogP contribution in [-0.2, 0) is 10.9 Å². The number of amidine groups is 1. The first-order valence-electron chi connectivity index (χ1n) is 8.40. The fraction of sp³-hybridized carbons (Fsp3) is 0.368.